The van der Waals surface area contributed by atoms with E-state index < -0.39 is 0 Å². The molecular weight excluding hydrogens is 346 g/mol. The van der Waals surface area contributed by atoms with E-state index in [-0.39, 0.29) is 12.1 Å². The Morgan fingerprint density at radius 3 is 2.25 bits per heavy atom. The summed E-state index contributed by atoms with van der Waals surface area (Å²) in [4.78, 5) is 19.6. The Balaban J connectivity index is 1.92. The van der Waals surface area contributed by atoms with E-state index in [9.17, 15) is 4.79 Å². The van der Waals surface area contributed by atoms with Gasteiger partial charge in [-0.2, -0.15) is 0 Å². The zero-order valence-corrected chi connectivity index (χ0v) is 17.6. The van der Waals surface area contributed by atoms with Crippen molar-refractivity contribution < 1.29 is 4.79 Å². The highest BCUT2D eigenvalue weighted by Gasteiger charge is 2.28. The van der Waals surface area contributed by atoms with Crippen LogP contribution in [0, 0.1) is 0 Å². The molecule has 28 heavy (non-hydrogen) atoms. The SMILES string of the molecule is CC(C)c1cccc(C(C)C)c1NC(=O)N1CCCCC[C@@H]1c1ccncc1. The maximum Gasteiger partial charge on any atom is 0.322 e. The van der Waals surface area contributed by atoms with Gasteiger partial charge in [0.1, 0.15) is 0 Å². The average Bonchev–Trinajstić information content (AvgIpc) is 2.94. The molecule has 3 rings (SSSR count). The number of aromatic nitrogens is 1. The number of urea groups is 1. The first-order valence-corrected chi connectivity index (χ1v) is 10.6. The lowest BCUT2D eigenvalue weighted by molar-refractivity contribution is 0.189. The highest BCUT2D eigenvalue weighted by atomic mass is 16.2. The van der Waals surface area contributed by atoms with Crippen molar-refractivity contribution in [1.82, 2.24) is 9.88 Å². The largest absolute Gasteiger partial charge is 0.322 e. The standard InChI is InChI=1S/C24H33N3O/c1-17(2)20-9-8-10-21(18(3)4)23(20)26-24(28)27-16-7-5-6-11-22(27)19-12-14-25-15-13-19/h8-10,12-15,17-18,22H,5-7,11,16H2,1-4H3,(H,26,28)/t22-/m1/s1. The van der Waals surface area contributed by atoms with Gasteiger partial charge in [0.2, 0.25) is 0 Å². The van der Waals surface area contributed by atoms with E-state index in [1.54, 1.807) is 0 Å². The number of pyridine rings is 1. The van der Waals surface area contributed by atoms with Crippen molar-refractivity contribution in [3.63, 3.8) is 0 Å². The quantitative estimate of drug-likeness (QED) is 0.661. The lowest BCUT2D eigenvalue weighted by atomic mass is 9.92. The van der Waals surface area contributed by atoms with Crippen LogP contribution in [0.3, 0.4) is 0 Å². The van der Waals surface area contributed by atoms with E-state index in [0.29, 0.717) is 11.8 Å². The van der Waals surface area contributed by atoms with Gasteiger partial charge in [-0.25, -0.2) is 4.79 Å². The average molecular weight is 380 g/mol. The van der Waals surface area contributed by atoms with Crippen LogP contribution in [0.4, 0.5) is 10.5 Å². The van der Waals surface area contributed by atoms with Gasteiger partial charge >= 0.3 is 6.03 Å². The summed E-state index contributed by atoms with van der Waals surface area (Å²) in [6.45, 7) is 9.52. The molecule has 0 radical (unpaired) electrons. The van der Waals surface area contributed by atoms with E-state index >= 15 is 0 Å². The molecule has 2 aromatic rings. The lowest BCUT2D eigenvalue weighted by Gasteiger charge is -2.31. The van der Waals surface area contributed by atoms with Gasteiger partial charge in [0.05, 0.1) is 6.04 Å². The Hall–Kier alpha value is -2.36. The Morgan fingerprint density at radius 2 is 1.64 bits per heavy atom. The summed E-state index contributed by atoms with van der Waals surface area (Å²) in [7, 11) is 0. The van der Waals surface area contributed by atoms with Crippen LogP contribution in [0.15, 0.2) is 42.7 Å². The molecule has 4 heteroatoms. The molecule has 150 valence electrons. The number of carbonyl (C=O) groups excluding carboxylic acids is 1. The van der Waals surface area contributed by atoms with Crippen LogP contribution in [0.1, 0.15) is 87.9 Å². The van der Waals surface area contributed by atoms with Crippen molar-refractivity contribution in [2.45, 2.75) is 71.3 Å². The molecule has 0 spiro atoms. The monoisotopic (exact) mass is 379 g/mol. The lowest BCUT2D eigenvalue weighted by Crippen LogP contribution is -2.38. The summed E-state index contributed by atoms with van der Waals surface area (Å²) in [5.74, 6) is 0.711. The summed E-state index contributed by atoms with van der Waals surface area (Å²) < 4.78 is 0. The predicted molar refractivity (Wildman–Crippen MR) is 116 cm³/mol. The second-order valence-corrected chi connectivity index (χ2v) is 8.39. The maximum absolute atomic E-state index is 13.5. The van der Waals surface area contributed by atoms with Crippen LogP contribution >= 0.6 is 0 Å². The minimum atomic E-state index is 0.0127. The molecule has 1 atom stereocenters. The summed E-state index contributed by atoms with van der Waals surface area (Å²) in [5.41, 5.74) is 4.58. The molecule has 1 saturated heterocycles. The number of anilines is 1. The first-order valence-electron chi connectivity index (χ1n) is 10.6. The smallest absolute Gasteiger partial charge is 0.317 e. The van der Waals surface area contributed by atoms with Gasteiger partial charge in [0.25, 0.3) is 0 Å². The molecule has 1 aliphatic heterocycles. The number of hydrogen-bond donors (Lipinski definition) is 1. The molecule has 2 heterocycles. The molecule has 0 bridgehead atoms. The van der Waals surface area contributed by atoms with Gasteiger partial charge in [-0.3, -0.25) is 4.98 Å². The second kappa shape index (κ2) is 9.22. The first-order chi connectivity index (χ1) is 13.5. The summed E-state index contributed by atoms with van der Waals surface area (Å²) in [6.07, 6.45) is 8.02. The molecule has 1 aromatic heterocycles. The van der Waals surface area contributed by atoms with Gasteiger partial charge in [-0.05, 0) is 53.5 Å². The highest BCUT2D eigenvalue weighted by Crippen LogP contribution is 2.34. The molecule has 2 amide bonds. The predicted octanol–water partition coefficient (Wildman–Crippen LogP) is 6.48. The van der Waals surface area contributed by atoms with E-state index in [1.807, 2.05) is 29.4 Å². The Labute approximate surface area is 169 Å². The number of nitrogens with zero attached hydrogens (tertiary/aromatic N) is 2. The van der Waals surface area contributed by atoms with Crippen molar-refractivity contribution in [3.05, 3.63) is 59.4 Å². The number of benzene rings is 1. The van der Waals surface area contributed by atoms with E-state index in [1.165, 1.54) is 23.1 Å². The number of amides is 2. The molecular formula is C24H33N3O. The fraction of sp³-hybridized carbons (Fsp3) is 0.500. The molecule has 4 nitrogen and oxygen atoms in total. The summed E-state index contributed by atoms with van der Waals surface area (Å²) in [5, 5.41) is 3.31. The van der Waals surface area contributed by atoms with Crippen LogP contribution in [-0.4, -0.2) is 22.5 Å². The zero-order chi connectivity index (χ0) is 20.1. The van der Waals surface area contributed by atoms with Crippen LogP contribution in [0.2, 0.25) is 0 Å². The third-order valence-electron chi connectivity index (χ3n) is 5.71. The highest BCUT2D eigenvalue weighted by molar-refractivity contribution is 5.91. The molecule has 0 saturated carbocycles. The third-order valence-corrected chi connectivity index (χ3v) is 5.71. The second-order valence-electron chi connectivity index (χ2n) is 8.39. The molecule has 1 N–H and O–H groups in total. The Bertz CT molecular complexity index is 759. The number of rotatable bonds is 4. The zero-order valence-electron chi connectivity index (χ0n) is 17.6. The number of carbonyl (C=O) groups is 1. The molecule has 1 fully saturated rings. The van der Waals surface area contributed by atoms with E-state index in [0.717, 1.165) is 31.5 Å². The number of nitrogens with one attached hydrogen (secondary N) is 1. The maximum atomic E-state index is 13.5. The van der Waals surface area contributed by atoms with Crippen molar-refractivity contribution >= 4 is 11.7 Å². The number of hydrogen-bond acceptors (Lipinski definition) is 2. The van der Waals surface area contributed by atoms with Crippen LogP contribution in [0.5, 0.6) is 0 Å². The first kappa shape index (κ1) is 20.4. The molecule has 0 unspecified atom stereocenters. The fourth-order valence-corrected chi connectivity index (χ4v) is 4.16. The van der Waals surface area contributed by atoms with Crippen LogP contribution in [0.25, 0.3) is 0 Å². The van der Waals surface area contributed by atoms with Crippen molar-refractivity contribution in [1.29, 1.82) is 0 Å². The third kappa shape index (κ3) is 4.54. The summed E-state index contributed by atoms with van der Waals surface area (Å²) >= 11 is 0. The topological polar surface area (TPSA) is 45.2 Å². The minimum absolute atomic E-state index is 0.0127. The van der Waals surface area contributed by atoms with Gasteiger partial charge in [0, 0.05) is 24.6 Å². The number of para-hydroxylation sites is 1. The van der Waals surface area contributed by atoms with Crippen molar-refractivity contribution in [2.75, 3.05) is 11.9 Å². The van der Waals surface area contributed by atoms with Crippen molar-refractivity contribution in [3.8, 4) is 0 Å². The normalized spacial score (nSPS) is 17.6. The Morgan fingerprint density at radius 1 is 1.00 bits per heavy atom. The molecule has 1 aliphatic rings. The summed E-state index contributed by atoms with van der Waals surface area (Å²) in [6, 6.07) is 10.6. The van der Waals surface area contributed by atoms with E-state index in [2.05, 4.69) is 56.2 Å². The minimum Gasteiger partial charge on any atom is -0.317 e. The van der Waals surface area contributed by atoms with E-state index in [4.69, 9.17) is 0 Å². The van der Waals surface area contributed by atoms with Gasteiger partial charge < -0.3 is 10.2 Å². The van der Waals surface area contributed by atoms with Crippen molar-refractivity contribution in [2.24, 2.45) is 0 Å². The van der Waals surface area contributed by atoms with Crippen LogP contribution < -0.4 is 5.32 Å². The molecule has 1 aromatic carbocycles. The number of likely N-dealkylation sites (tertiary alicyclic amines) is 1. The molecule has 0 aliphatic carbocycles. The Kier molecular flexibility index (Phi) is 6.71. The van der Waals surface area contributed by atoms with Gasteiger partial charge in [0.15, 0.2) is 0 Å². The van der Waals surface area contributed by atoms with Gasteiger partial charge in [-0.1, -0.05) is 58.7 Å². The fourth-order valence-electron chi connectivity index (χ4n) is 4.16. The van der Waals surface area contributed by atoms with Crippen LogP contribution in [-0.2, 0) is 0 Å². The van der Waals surface area contributed by atoms with Gasteiger partial charge in [-0.15, -0.1) is 0 Å².